The standard InChI is InChI=1S/C85H149NO18/c1-3-5-7-9-11-13-15-17-19-21-23-25-27-29-31-32-33-34-35-36-37-39-41-43-45-47-49-51-53-55-57-59-61-63-73(91)86-68(69(90)62-60-58-56-54-52-50-48-46-44-42-40-38-30-28-26-24-22-20-18-16-14-12-10-8-6-4-2)67-99-83-79(97)76(94)81(71(65-88)101-83)104-85-80(98)77(95)82(72(66-89)102-85)103-84-78(96)75(93)74(92)70(64-87)100-84/h5,7,11,13,17,19,23,25,29,31,33-34,36-37,41,43,68-72,74-85,87-90,92-98H,3-4,6,8-10,12,14-16,18,20-22,24,26-28,30,32,35,38-40,42,44-67H2,1-2H3,(H,86,91)/b7-5-,13-11-,19-17-,25-23-,31-29-,34-33-,37-36-,43-41-. The lowest BCUT2D eigenvalue weighted by Gasteiger charge is -2.48. The van der Waals surface area contributed by atoms with E-state index in [1.807, 2.05) is 0 Å². The summed E-state index contributed by atoms with van der Waals surface area (Å²) in [5.41, 5.74) is 0. The zero-order valence-electron chi connectivity index (χ0n) is 64.5. The van der Waals surface area contributed by atoms with Crippen molar-refractivity contribution in [3.05, 3.63) is 97.2 Å². The predicted molar refractivity (Wildman–Crippen MR) is 415 cm³/mol. The van der Waals surface area contributed by atoms with Gasteiger partial charge in [0.2, 0.25) is 5.91 Å². The Balaban J connectivity index is 1.37. The fourth-order valence-corrected chi connectivity index (χ4v) is 13.6. The SMILES string of the molecule is CC/C=C\C/C=C\C/C=C\C/C=C\C/C=C\C/C=C\C/C=C\C/C=C\CCCCCCCCCCC(=O)NC(COC1OC(CO)C(OC2OC(CO)C(OC3OC(CO)C(O)C(O)C3O)C(O)C2O)C(O)C1O)C(O)CCCCCCCCCCCCCCCCCCCCCCCCCCCC. The van der Waals surface area contributed by atoms with Gasteiger partial charge in [-0.2, -0.15) is 0 Å². The highest BCUT2D eigenvalue weighted by atomic mass is 16.8. The van der Waals surface area contributed by atoms with Gasteiger partial charge in [0, 0.05) is 6.42 Å². The first-order valence-electron chi connectivity index (χ1n) is 41.5. The molecule has 17 atom stereocenters. The van der Waals surface area contributed by atoms with Gasteiger partial charge in [-0.05, 0) is 77.0 Å². The van der Waals surface area contributed by atoms with Gasteiger partial charge in [0.1, 0.15) is 73.2 Å². The second kappa shape index (κ2) is 64.5. The number of unbranched alkanes of at least 4 members (excludes halogenated alkanes) is 33. The molecular weight excluding hydrogens is 1320 g/mol. The number of carbonyl (C=O) groups is 1. The molecule has 0 radical (unpaired) electrons. The predicted octanol–water partition coefficient (Wildman–Crippen LogP) is 14.3. The molecule has 0 spiro atoms. The van der Waals surface area contributed by atoms with Crippen molar-refractivity contribution in [1.29, 1.82) is 0 Å². The van der Waals surface area contributed by atoms with Crippen LogP contribution in [0.5, 0.6) is 0 Å². The van der Waals surface area contributed by atoms with Gasteiger partial charge in [0.15, 0.2) is 18.9 Å². The molecular formula is C85H149NO18. The van der Waals surface area contributed by atoms with E-state index in [-0.39, 0.29) is 18.9 Å². The summed E-state index contributed by atoms with van der Waals surface area (Å²) in [7, 11) is 0. The minimum atomic E-state index is -1.98. The van der Waals surface area contributed by atoms with Gasteiger partial charge < -0.3 is 89.9 Å². The fourth-order valence-electron chi connectivity index (χ4n) is 13.6. The van der Waals surface area contributed by atoms with E-state index in [0.29, 0.717) is 12.8 Å². The van der Waals surface area contributed by atoms with Crippen molar-refractivity contribution in [3.8, 4) is 0 Å². The van der Waals surface area contributed by atoms with Gasteiger partial charge in [0.25, 0.3) is 0 Å². The van der Waals surface area contributed by atoms with Gasteiger partial charge in [-0.1, -0.05) is 317 Å². The second-order valence-corrected chi connectivity index (χ2v) is 29.2. The molecule has 3 aliphatic heterocycles. The maximum absolute atomic E-state index is 13.5. The summed E-state index contributed by atoms with van der Waals surface area (Å²) in [5.74, 6) is -0.252. The van der Waals surface area contributed by atoms with Crippen molar-refractivity contribution in [3.63, 3.8) is 0 Å². The van der Waals surface area contributed by atoms with Crippen LogP contribution in [0.3, 0.4) is 0 Å². The van der Waals surface area contributed by atoms with Crippen molar-refractivity contribution < 1.29 is 89.4 Å². The third-order valence-corrected chi connectivity index (χ3v) is 20.2. The molecule has 17 unspecified atom stereocenters. The summed E-state index contributed by atoms with van der Waals surface area (Å²) in [4.78, 5) is 13.5. The zero-order chi connectivity index (χ0) is 75.3. The second-order valence-electron chi connectivity index (χ2n) is 29.2. The number of hydrogen-bond donors (Lipinski definition) is 12. The normalized spacial score (nSPS) is 26.4. The topological polar surface area (TPSA) is 307 Å². The van der Waals surface area contributed by atoms with Crippen LogP contribution >= 0.6 is 0 Å². The van der Waals surface area contributed by atoms with Crippen LogP contribution in [0.1, 0.15) is 303 Å². The average molecular weight is 1470 g/mol. The number of amides is 1. The van der Waals surface area contributed by atoms with Crippen LogP contribution in [-0.2, 0) is 33.2 Å². The highest BCUT2D eigenvalue weighted by Crippen LogP contribution is 2.33. The average Bonchev–Trinajstić information content (AvgIpc) is 0.783. The van der Waals surface area contributed by atoms with Crippen molar-refractivity contribution >= 4 is 5.91 Å². The molecule has 3 heterocycles. The highest BCUT2D eigenvalue weighted by Gasteiger charge is 2.54. The molecule has 12 N–H and O–H groups in total. The van der Waals surface area contributed by atoms with Gasteiger partial charge in [-0.15, -0.1) is 0 Å². The fraction of sp³-hybridized carbons (Fsp3) is 0.800. The molecule has 0 saturated carbocycles. The quantitative estimate of drug-likeness (QED) is 0.0199. The first-order valence-corrected chi connectivity index (χ1v) is 41.5. The molecule has 19 heteroatoms. The van der Waals surface area contributed by atoms with Gasteiger partial charge in [-0.3, -0.25) is 4.79 Å². The van der Waals surface area contributed by atoms with Crippen molar-refractivity contribution in [2.75, 3.05) is 26.4 Å². The molecule has 602 valence electrons. The Morgan fingerprint density at radius 2 is 0.663 bits per heavy atom. The molecule has 0 aromatic carbocycles. The molecule has 1 amide bonds. The summed E-state index contributed by atoms with van der Waals surface area (Å²) in [5, 5.41) is 121. The number of hydrogen-bond acceptors (Lipinski definition) is 18. The van der Waals surface area contributed by atoms with Crippen LogP contribution in [0, 0.1) is 0 Å². The highest BCUT2D eigenvalue weighted by molar-refractivity contribution is 5.76. The van der Waals surface area contributed by atoms with E-state index in [2.05, 4.69) is 116 Å². The number of rotatable bonds is 65. The number of aliphatic hydroxyl groups is 11. The summed E-state index contributed by atoms with van der Waals surface area (Å²) in [6.45, 7) is 1.71. The molecule has 3 saturated heterocycles. The van der Waals surface area contributed by atoms with Crippen LogP contribution in [-0.4, -0.2) is 193 Å². The van der Waals surface area contributed by atoms with E-state index in [9.17, 15) is 61.0 Å². The lowest BCUT2D eigenvalue weighted by molar-refractivity contribution is -0.379. The van der Waals surface area contributed by atoms with E-state index in [0.717, 1.165) is 116 Å². The first-order chi connectivity index (χ1) is 50.8. The first kappa shape index (κ1) is 94.9. The summed E-state index contributed by atoms with van der Waals surface area (Å²) in [6.07, 6.45) is 60.5. The van der Waals surface area contributed by atoms with Crippen LogP contribution in [0.2, 0.25) is 0 Å². The van der Waals surface area contributed by atoms with Crippen molar-refractivity contribution in [2.24, 2.45) is 0 Å². The Hall–Kier alpha value is -3.29. The lowest BCUT2D eigenvalue weighted by Crippen LogP contribution is -2.66. The number of nitrogens with one attached hydrogen (secondary N) is 1. The Labute approximate surface area is 628 Å². The molecule has 3 fully saturated rings. The number of ether oxygens (including phenoxy) is 6. The molecule has 104 heavy (non-hydrogen) atoms. The Morgan fingerprint density at radius 3 is 1.04 bits per heavy atom. The maximum Gasteiger partial charge on any atom is 0.220 e. The van der Waals surface area contributed by atoms with Gasteiger partial charge in [-0.25, -0.2) is 0 Å². The monoisotopic (exact) mass is 1470 g/mol. The van der Waals surface area contributed by atoms with E-state index in [4.69, 9.17) is 28.4 Å². The van der Waals surface area contributed by atoms with Crippen LogP contribution < -0.4 is 5.32 Å². The van der Waals surface area contributed by atoms with E-state index >= 15 is 0 Å². The van der Waals surface area contributed by atoms with E-state index < -0.39 is 124 Å². The molecule has 3 rings (SSSR count). The summed E-state index contributed by atoms with van der Waals surface area (Å²) < 4.78 is 34.5. The Kier molecular flexibility index (Phi) is 58.9. The third kappa shape index (κ3) is 43.8. The number of carbonyl (C=O) groups excluding carboxylic acids is 1. The van der Waals surface area contributed by atoms with Crippen molar-refractivity contribution in [1.82, 2.24) is 5.32 Å². The van der Waals surface area contributed by atoms with Crippen LogP contribution in [0.25, 0.3) is 0 Å². The maximum atomic E-state index is 13.5. The van der Waals surface area contributed by atoms with Gasteiger partial charge in [0.05, 0.1) is 38.6 Å². The molecule has 0 aliphatic carbocycles. The summed E-state index contributed by atoms with van der Waals surface area (Å²) >= 11 is 0. The molecule has 3 aliphatic rings. The molecule has 19 nitrogen and oxygen atoms in total. The minimum absolute atomic E-state index is 0.251. The smallest absolute Gasteiger partial charge is 0.220 e. The Bertz CT molecular complexity index is 2260. The number of aliphatic hydroxyl groups excluding tert-OH is 11. The molecule has 0 bridgehead atoms. The number of allylic oxidation sites excluding steroid dienone is 16. The van der Waals surface area contributed by atoms with E-state index in [1.54, 1.807) is 0 Å². The minimum Gasteiger partial charge on any atom is -0.394 e. The van der Waals surface area contributed by atoms with Crippen molar-refractivity contribution in [2.45, 2.75) is 407 Å². The zero-order valence-corrected chi connectivity index (χ0v) is 64.5. The van der Waals surface area contributed by atoms with Crippen LogP contribution in [0.15, 0.2) is 97.2 Å². The molecule has 0 aromatic rings. The summed E-state index contributed by atoms with van der Waals surface area (Å²) in [6, 6.07) is -0.901. The van der Waals surface area contributed by atoms with Gasteiger partial charge >= 0.3 is 0 Å². The Morgan fingerprint density at radius 1 is 0.356 bits per heavy atom. The lowest BCUT2D eigenvalue weighted by atomic mass is 9.96. The third-order valence-electron chi connectivity index (χ3n) is 20.2. The van der Waals surface area contributed by atoms with Crippen LogP contribution in [0.4, 0.5) is 0 Å². The van der Waals surface area contributed by atoms with E-state index in [1.165, 1.54) is 154 Å². The molecule has 0 aromatic heterocycles. The largest absolute Gasteiger partial charge is 0.394 e.